The maximum Gasteiger partial charge on any atom is 0.339 e. The van der Waals surface area contributed by atoms with Gasteiger partial charge in [0.15, 0.2) is 0 Å². The molecule has 8 nitrogen and oxygen atoms in total. The van der Waals surface area contributed by atoms with Crippen molar-refractivity contribution in [3.05, 3.63) is 51.7 Å². The lowest BCUT2D eigenvalue weighted by Crippen LogP contribution is -2.13. The summed E-state index contributed by atoms with van der Waals surface area (Å²) in [6.07, 6.45) is 3.55. The third kappa shape index (κ3) is 3.10. The van der Waals surface area contributed by atoms with Gasteiger partial charge >= 0.3 is 5.97 Å². The summed E-state index contributed by atoms with van der Waals surface area (Å²) in [4.78, 5) is 32.8. The van der Waals surface area contributed by atoms with E-state index in [0.29, 0.717) is 28.1 Å². The van der Waals surface area contributed by atoms with Gasteiger partial charge in [0.2, 0.25) is 10.1 Å². The second-order valence-electron chi connectivity index (χ2n) is 5.74. The van der Waals surface area contributed by atoms with Gasteiger partial charge in [0.1, 0.15) is 0 Å². The van der Waals surface area contributed by atoms with Crippen LogP contribution in [0, 0.1) is 0 Å². The van der Waals surface area contributed by atoms with Gasteiger partial charge in [-0.15, -0.1) is 5.10 Å². The molecule has 25 heavy (non-hydrogen) atoms. The molecule has 1 fully saturated rings. The summed E-state index contributed by atoms with van der Waals surface area (Å²) in [6, 6.07) is 4.92. The smallest absolute Gasteiger partial charge is 0.339 e. The number of hydrogen-bond donors (Lipinski definition) is 1. The van der Waals surface area contributed by atoms with E-state index in [2.05, 4.69) is 20.4 Å². The number of methoxy groups -OCH3 is 1. The van der Waals surface area contributed by atoms with Crippen molar-refractivity contribution >= 4 is 27.4 Å². The number of hydrogen-bond acceptors (Lipinski definition) is 8. The standard InChI is InChI=1S/C16H15N5O3S/c1-24-14(23)11-5-4-10(19-13(11)9-2-3-9)8-18-15-20-21-12(22)6-7-17-16(21)25-15/h4-7,9H,2-3,8H2,1H3,(H,18,20). The summed E-state index contributed by atoms with van der Waals surface area (Å²) >= 11 is 1.29. The first kappa shape index (κ1) is 15.7. The molecule has 0 unspecified atom stereocenters. The fraction of sp³-hybridized carbons (Fsp3) is 0.312. The highest BCUT2D eigenvalue weighted by Crippen LogP contribution is 2.40. The predicted octanol–water partition coefficient (Wildman–Crippen LogP) is 1.82. The van der Waals surface area contributed by atoms with Gasteiger partial charge < -0.3 is 10.1 Å². The zero-order valence-corrected chi connectivity index (χ0v) is 14.2. The number of rotatable bonds is 5. The van der Waals surface area contributed by atoms with Gasteiger partial charge in [-0.2, -0.15) is 4.52 Å². The maximum absolute atomic E-state index is 11.9. The van der Waals surface area contributed by atoms with Gasteiger partial charge in [-0.1, -0.05) is 11.3 Å². The Kier molecular flexibility index (Phi) is 3.92. The Morgan fingerprint density at radius 1 is 1.40 bits per heavy atom. The molecule has 4 rings (SSSR count). The minimum absolute atomic E-state index is 0.217. The Morgan fingerprint density at radius 3 is 2.96 bits per heavy atom. The van der Waals surface area contributed by atoms with E-state index in [-0.39, 0.29) is 11.5 Å². The van der Waals surface area contributed by atoms with Crippen LogP contribution in [0.15, 0.2) is 29.2 Å². The average molecular weight is 357 g/mol. The Balaban J connectivity index is 1.56. The third-order valence-corrected chi connectivity index (χ3v) is 4.82. The van der Waals surface area contributed by atoms with Gasteiger partial charge in [-0.05, 0) is 25.0 Å². The lowest BCUT2D eigenvalue weighted by molar-refractivity contribution is 0.0598. The highest BCUT2D eigenvalue weighted by atomic mass is 32.1. The van der Waals surface area contributed by atoms with Crippen LogP contribution < -0.4 is 10.9 Å². The molecule has 0 saturated heterocycles. The predicted molar refractivity (Wildman–Crippen MR) is 92.0 cm³/mol. The first-order valence-corrected chi connectivity index (χ1v) is 8.64. The van der Waals surface area contributed by atoms with Crippen molar-refractivity contribution in [2.24, 2.45) is 0 Å². The highest BCUT2D eigenvalue weighted by Gasteiger charge is 2.30. The number of pyridine rings is 1. The molecule has 1 aliphatic carbocycles. The minimum atomic E-state index is -0.356. The van der Waals surface area contributed by atoms with Crippen LogP contribution in [0.4, 0.5) is 5.13 Å². The maximum atomic E-state index is 11.9. The molecule has 0 aromatic carbocycles. The third-order valence-electron chi connectivity index (χ3n) is 3.94. The van der Waals surface area contributed by atoms with Crippen LogP contribution in [0.3, 0.4) is 0 Å². The number of anilines is 1. The number of nitrogens with one attached hydrogen (secondary N) is 1. The molecule has 0 spiro atoms. The Bertz CT molecular complexity index is 1010. The average Bonchev–Trinajstić information content (AvgIpc) is 3.39. The lowest BCUT2D eigenvalue weighted by atomic mass is 10.1. The number of aromatic nitrogens is 4. The van der Waals surface area contributed by atoms with Crippen LogP contribution in [0.1, 0.15) is 40.5 Å². The molecule has 3 heterocycles. The van der Waals surface area contributed by atoms with Gasteiger partial charge in [0.05, 0.1) is 30.6 Å². The zero-order chi connectivity index (χ0) is 17.4. The van der Waals surface area contributed by atoms with Crippen molar-refractivity contribution in [2.75, 3.05) is 12.4 Å². The van der Waals surface area contributed by atoms with E-state index in [1.807, 2.05) is 0 Å². The summed E-state index contributed by atoms with van der Waals surface area (Å²) in [5, 5.41) is 7.95. The van der Waals surface area contributed by atoms with Gasteiger partial charge in [-0.3, -0.25) is 9.78 Å². The number of ether oxygens (including phenoxy) is 1. The van der Waals surface area contributed by atoms with E-state index in [9.17, 15) is 9.59 Å². The van der Waals surface area contributed by atoms with Gasteiger partial charge in [0.25, 0.3) is 5.56 Å². The molecule has 1 saturated carbocycles. The Hall–Kier alpha value is -2.81. The van der Waals surface area contributed by atoms with Gasteiger partial charge in [0, 0.05) is 18.2 Å². The fourth-order valence-corrected chi connectivity index (χ4v) is 3.32. The SMILES string of the molecule is COC(=O)c1ccc(CNc2nn3c(=O)ccnc3s2)nc1C1CC1. The summed E-state index contributed by atoms with van der Waals surface area (Å²) in [7, 11) is 1.37. The van der Waals surface area contributed by atoms with E-state index in [1.54, 1.807) is 12.1 Å². The van der Waals surface area contributed by atoms with Crippen molar-refractivity contribution in [3.8, 4) is 0 Å². The molecule has 9 heteroatoms. The first-order chi connectivity index (χ1) is 12.2. The summed E-state index contributed by atoms with van der Waals surface area (Å²) in [6.45, 7) is 0.440. The van der Waals surface area contributed by atoms with Crippen molar-refractivity contribution < 1.29 is 9.53 Å². The Labute approximate surface area is 146 Å². The Morgan fingerprint density at radius 2 is 2.24 bits per heavy atom. The van der Waals surface area contributed by atoms with E-state index in [1.165, 1.54) is 35.2 Å². The molecule has 0 radical (unpaired) electrons. The van der Waals surface area contributed by atoms with Crippen LogP contribution in [0.2, 0.25) is 0 Å². The fourth-order valence-electron chi connectivity index (χ4n) is 2.55. The number of carbonyl (C=O) groups excluding carboxylic acids is 1. The monoisotopic (exact) mass is 357 g/mol. The summed E-state index contributed by atoms with van der Waals surface area (Å²) < 4.78 is 6.09. The normalized spacial score (nSPS) is 13.8. The topological polar surface area (TPSA) is 98.5 Å². The molecule has 3 aromatic rings. The molecule has 128 valence electrons. The molecule has 0 amide bonds. The molecular weight excluding hydrogens is 342 g/mol. The molecule has 0 atom stereocenters. The second-order valence-corrected chi connectivity index (χ2v) is 6.70. The first-order valence-electron chi connectivity index (χ1n) is 7.82. The lowest BCUT2D eigenvalue weighted by Gasteiger charge is -2.09. The van der Waals surface area contributed by atoms with Crippen LogP contribution in [0.5, 0.6) is 0 Å². The largest absolute Gasteiger partial charge is 0.465 e. The highest BCUT2D eigenvalue weighted by molar-refractivity contribution is 7.20. The summed E-state index contributed by atoms with van der Waals surface area (Å²) in [5.41, 5.74) is 1.91. The van der Waals surface area contributed by atoms with E-state index < -0.39 is 0 Å². The zero-order valence-electron chi connectivity index (χ0n) is 13.4. The van der Waals surface area contributed by atoms with Crippen LogP contribution in [0.25, 0.3) is 4.96 Å². The van der Waals surface area contributed by atoms with E-state index in [4.69, 9.17) is 4.74 Å². The van der Waals surface area contributed by atoms with Crippen molar-refractivity contribution in [1.82, 2.24) is 19.6 Å². The van der Waals surface area contributed by atoms with E-state index >= 15 is 0 Å². The van der Waals surface area contributed by atoms with Crippen molar-refractivity contribution in [2.45, 2.75) is 25.3 Å². The molecule has 1 N–H and O–H groups in total. The van der Waals surface area contributed by atoms with Gasteiger partial charge in [-0.25, -0.2) is 9.78 Å². The van der Waals surface area contributed by atoms with Crippen molar-refractivity contribution in [3.63, 3.8) is 0 Å². The minimum Gasteiger partial charge on any atom is -0.465 e. The van der Waals surface area contributed by atoms with Crippen LogP contribution in [-0.4, -0.2) is 32.7 Å². The second kappa shape index (κ2) is 6.25. The van der Waals surface area contributed by atoms with Crippen LogP contribution in [-0.2, 0) is 11.3 Å². The molecule has 3 aromatic heterocycles. The number of esters is 1. The molecule has 0 aliphatic heterocycles. The summed E-state index contributed by atoms with van der Waals surface area (Å²) in [5.74, 6) is -0.0233. The van der Waals surface area contributed by atoms with Crippen molar-refractivity contribution in [1.29, 1.82) is 0 Å². The quantitative estimate of drug-likeness (QED) is 0.695. The van der Waals surface area contributed by atoms with Crippen LogP contribution >= 0.6 is 11.3 Å². The number of nitrogens with zero attached hydrogens (tertiary/aromatic N) is 4. The number of carbonyl (C=O) groups is 1. The molecule has 0 bridgehead atoms. The van der Waals surface area contributed by atoms with E-state index in [0.717, 1.165) is 24.2 Å². The molecule has 1 aliphatic rings. The molecular formula is C16H15N5O3S. The number of fused-ring (bicyclic) bond motifs is 1.